The zero-order chi connectivity index (χ0) is 17.8. The lowest BCUT2D eigenvalue weighted by atomic mass is 9.45. The fourth-order valence-electron chi connectivity index (χ4n) is 4.48. The Labute approximate surface area is 150 Å². The van der Waals surface area contributed by atoms with Crippen LogP contribution in [0, 0.1) is 23.2 Å². The van der Waals surface area contributed by atoms with Crippen molar-refractivity contribution < 1.29 is 4.79 Å². The maximum atomic E-state index is 12.4. The monoisotopic (exact) mass is 396 g/mol. The number of hydrogen-bond acceptors (Lipinski definition) is 4. The molecule has 1 aromatic rings. The number of amides is 1. The van der Waals surface area contributed by atoms with Crippen molar-refractivity contribution in [2.45, 2.75) is 52.6 Å². The molecule has 0 aliphatic heterocycles. The van der Waals surface area contributed by atoms with E-state index in [1.54, 1.807) is 13.1 Å². The fourth-order valence-corrected chi connectivity index (χ4v) is 4.88. The van der Waals surface area contributed by atoms with Crippen molar-refractivity contribution in [3.8, 4) is 0 Å². The Hall–Kier alpha value is -1.37. The summed E-state index contributed by atoms with van der Waals surface area (Å²) >= 11 is 3.36. The lowest BCUT2D eigenvalue weighted by Crippen LogP contribution is -2.58. The van der Waals surface area contributed by atoms with Gasteiger partial charge >= 0.3 is 0 Å². The van der Waals surface area contributed by atoms with Gasteiger partial charge in [-0.25, -0.2) is 4.68 Å². The summed E-state index contributed by atoms with van der Waals surface area (Å²) < 4.78 is 1.51. The third kappa shape index (κ3) is 2.57. The van der Waals surface area contributed by atoms with Gasteiger partial charge in [-0.2, -0.15) is 5.10 Å². The van der Waals surface area contributed by atoms with Crippen LogP contribution >= 0.6 is 15.9 Å². The molecule has 1 amide bonds. The van der Waals surface area contributed by atoms with Crippen molar-refractivity contribution in [1.29, 1.82) is 0 Å². The predicted molar refractivity (Wildman–Crippen MR) is 96.7 cm³/mol. The highest BCUT2D eigenvalue weighted by molar-refractivity contribution is 9.10. The summed E-state index contributed by atoms with van der Waals surface area (Å²) in [5.74, 6) is 1.42. The van der Waals surface area contributed by atoms with Gasteiger partial charge in [0.2, 0.25) is 5.91 Å². The molecular formula is C17H25BrN4O2. The zero-order valence-corrected chi connectivity index (χ0v) is 16.1. The predicted octanol–water partition coefficient (Wildman–Crippen LogP) is 2.53. The number of nitrogens with one attached hydrogen (secondary N) is 1. The van der Waals surface area contributed by atoms with Crippen LogP contribution in [0.3, 0.4) is 0 Å². The number of hydrogen-bond donors (Lipinski definition) is 2. The fraction of sp³-hybridized carbons (Fsp3) is 0.706. The summed E-state index contributed by atoms with van der Waals surface area (Å²) in [6.45, 7) is 8.58. The van der Waals surface area contributed by atoms with Gasteiger partial charge in [-0.15, -0.1) is 0 Å². The van der Waals surface area contributed by atoms with Gasteiger partial charge in [-0.1, -0.05) is 20.8 Å². The molecule has 5 atom stereocenters. The molecule has 1 unspecified atom stereocenters. The quantitative estimate of drug-likeness (QED) is 0.817. The summed E-state index contributed by atoms with van der Waals surface area (Å²) in [6, 6.07) is -0.436. The third-order valence-corrected chi connectivity index (χ3v) is 7.18. The van der Waals surface area contributed by atoms with Crippen LogP contribution in [0.5, 0.6) is 0 Å². The Balaban J connectivity index is 1.81. The molecule has 0 aromatic carbocycles. The van der Waals surface area contributed by atoms with E-state index in [0.717, 1.165) is 22.9 Å². The van der Waals surface area contributed by atoms with Crippen LogP contribution in [-0.2, 0) is 4.79 Å². The first-order valence-corrected chi connectivity index (χ1v) is 9.27. The summed E-state index contributed by atoms with van der Waals surface area (Å²) in [5.41, 5.74) is 6.03. The number of nitrogens with two attached hydrogens (primary N) is 1. The SMILES string of the molecule is CC(C(N)=O)n1ncc(N[C@@H]2C[C@@H]3C[C@H]([C@H]2C)C3(C)C)c(Br)c1=O. The van der Waals surface area contributed by atoms with E-state index in [0.29, 0.717) is 27.5 Å². The largest absolute Gasteiger partial charge is 0.380 e. The van der Waals surface area contributed by atoms with E-state index in [2.05, 4.69) is 47.1 Å². The van der Waals surface area contributed by atoms with Crippen LogP contribution in [0.2, 0.25) is 0 Å². The Morgan fingerprint density at radius 1 is 1.50 bits per heavy atom. The molecule has 0 radical (unpaired) electrons. The summed E-state index contributed by atoms with van der Waals surface area (Å²) in [4.78, 5) is 23.7. The Morgan fingerprint density at radius 3 is 2.71 bits per heavy atom. The summed E-state index contributed by atoms with van der Waals surface area (Å²) in [6.07, 6.45) is 4.02. The van der Waals surface area contributed by atoms with Crippen LogP contribution in [0.1, 0.15) is 46.6 Å². The van der Waals surface area contributed by atoms with Crippen LogP contribution in [-0.4, -0.2) is 21.7 Å². The molecule has 24 heavy (non-hydrogen) atoms. The van der Waals surface area contributed by atoms with Gasteiger partial charge in [0, 0.05) is 6.04 Å². The van der Waals surface area contributed by atoms with Crippen LogP contribution < -0.4 is 16.6 Å². The molecule has 1 aromatic heterocycles. The first-order chi connectivity index (χ1) is 11.1. The van der Waals surface area contributed by atoms with Gasteiger partial charge in [-0.05, 0) is 58.9 Å². The van der Waals surface area contributed by atoms with Crippen molar-refractivity contribution >= 4 is 27.5 Å². The first kappa shape index (κ1) is 17.5. The average Bonchev–Trinajstić information content (AvgIpc) is 2.52. The molecule has 7 heteroatoms. The molecule has 2 bridgehead atoms. The van der Waals surface area contributed by atoms with Crippen molar-refractivity contribution in [3.63, 3.8) is 0 Å². The minimum atomic E-state index is -0.773. The van der Waals surface area contributed by atoms with Crippen LogP contribution in [0.15, 0.2) is 15.5 Å². The second-order valence-corrected chi connectivity index (χ2v) is 8.70. The first-order valence-electron chi connectivity index (χ1n) is 8.47. The summed E-state index contributed by atoms with van der Waals surface area (Å²) in [7, 11) is 0. The molecule has 4 rings (SSSR count). The van der Waals surface area contributed by atoms with E-state index in [-0.39, 0.29) is 5.56 Å². The van der Waals surface area contributed by atoms with Gasteiger partial charge in [0.1, 0.15) is 10.5 Å². The van der Waals surface area contributed by atoms with Crippen molar-refractivity contribution in [3.05, 3.63) is 21.0 Å². The Kier molecular flexibility index (Phi) is 4.26. The molecule has 3 aliphatic rings. The molecule has 3 fully saturated rings. The minimum absolute atomic E-state index is 0.337. The van der Waals surface area contributed by atoms with E-state index in [9.17, 15) is 9.59 Å². The standard InChI is InChI=1S/C17H25BrN4O2/c1-8-11-5-10(17(11,3)4)6-12(8)21-13-7-20-22(9(2)15(19)23)16(24)14(13)18/h7-12,21H,5-6H2,1-4H3,(H2,19,23)/t8-,9?,10+,11-,12-/m1/s1. The molecule has 0 saturated heterocycles. The maximum Gasteiger partial charge on any atom is 0.283 e. The second-order valence-electron chi connectivity index (χ2n) is 7.91. The lowest BCUT2D eigenvalue weighted by molar-refractivity contribution is -0.121. The van der Waals surface area contributed by atoms with Crippen LogP contribution in [0.4, 0.5) is 5.69 Å². The third-order valence-electron chi connectivity index (χ3n) is 6.42. The highest BCUT2D eigenvalue weighted by Gasteiger charge is 2.56. The van der Waals surface area contributed by atoms with Gasteiger partial charge in [-0.3, -0.25) is 9.59 Å². The molecule has 1 heterocycles. The van der Waals surface area contributed by atoms with E-state index >= 15 is 0 Å². The van der Waals surface area contributed by atoms with E-state index in [1.165, 1.54) is 6.42 Å². The number of rotatable bonds is 4. The lowest BCUT2D eigenvalue weighted by Gasteiger charge is -2.62. The highest BCUT2D eigenvalue weighted by Crippen LogP contribution is 2.61. The normalized spacial score (nSPS) is 31.9. The Bertz CT molecular complexity index is 730. The Morgan fingerprint density at radius 2 is 2.17 bits per heavy atom. The maximum absolute atomic E-state index is 12.4. The number of carbonyl (C=O) groups is 1. The molecule has 3 aliphatic carbocycles. The number of halogens is 1. The number of anilines is 1. The van der Waals surface area contributed by atoms with Gasteiger partial charge in [0.15, 0.2) is 0 Å². The van der Waals surface area contributed by atoms with Crippen molar-refractivity contribution in [2.75, 3.05) is 5.32 Å². The smallest absolute Gasteiger partial charge is 0.283 e. The summed E-state index contributed by atoms with van der Waals surface area (Å²) in [5, 5.41) is 7.62. The number of fused-ring (bicyclic) bond motifs is 2. The van der Waals surface area contributed by atoms with Crippen LogP contribution in [0.25, 0.3) is 0 Å². The van der Waals surface area contributed by atoms with E-state index in [1.807, 2.05) is 0 Å². The van der Waals surface area contributed by atoms with E-state index < -0.39 is 11.9 Å². The topological polar surface area (TPSA) is 90.0 Å². The van der Waals surface area contributed by atoms with Gasteiger partial charge < -0.3 is 11.1 Å². The average molecular weight is 397 g/mol. The highest BCUT2D eigenvalue weighted by atomic mass is 79.9. The molecular weight excluding hydrogens is 372 g/mol. The van der Waals surface area contributed by atoms with Gasteiger partial charge in [0.25, 0.3) is 5.56 Å². The molecule has 3 saturated carbocycles. The minimum Gasteiger partial charge on any atom is -0.380 e. The number of aromatic nitrogens is 2. The molecule has 6 nitrogen and oxygen atoms in total. The number of primary amides is 1. The van der Waals surface area contributed by atoms with Gasteiger partial charge in [0.05, 0.1) is 11.9 Å². The molecule has 132 valence electrons. The van der Waals surface area contributed by atoms with Crippen molar-refractivity contribution in [2.24, 2.45) is 28.9 Å². The van der Waals surface area contributed by atoms with E-state index in [4.69, 9.17) is 5.73 Å². The number of nitrogens with zero attached hydrogens (tertiary/aromatic N) is 2. The zero-order valence-electron chi connectivity index (χ0n) is 14.5. The molecule has 0 spiro atoms. The number of carbonyl (C=O) groups excluding carboxylic acids is 1. The second kappa shape index (κ2) is 5.86. The van der Waals surface area contributed by atoms with Crippen molar-refractivity contribution in [1.82, 2.24) is 9.78 Å². The molecule has 3 N–H and O–H groups in total.